The Labute approximate surface area is 172 Å². The maximum Gasteiger partial charge on any atom is 0.490 e. The van der Waals surface area contributed by atoms with Gasteiger partial charge in [-0.25, -0.2) is 9.78 Å². The number of carboxylic acid groups (broad SMARTS) is 1. The maximum absolute atomic E-state index is 10.6. The Morgan fingerprint density at radius 1 is 1.13 bits per heavy atom. The van der Waals surface area contributed by atoms with E-state index in [1.165, 1.54) is 0 Å². The molecule has 0 unspecified atom stereocenters. The Morgan fingerprint density at radius 3 is 2.37 bits per heavy atom. The lowest BCUT2D eigenvalue weighted by atomic mass is 10.00. The van der Waals surface area contributed by atoms with Crippen molar-refractivity contribution >= 4 is 51.1 Å². The number of aromatic nitrogens is 3. The molecule has 0 aliphatic rings. The van der Waals surface area contributed by atoms with E-state index in [0.29, 0.717) is 16.4 Å². The molecule has 7 nitrogen and oxygen atoms in total. The van der Waals surface area contributed by atoms with Crippen molar-refractivity contribution in [3.8, 4) is 11.1 Å². The quantitative estimate of drug-likeness (QED) is 0.409. The number of nitrogen functional groups attached to an aromatic ring is 2. The number of benzene rings is 2. The van der Waals surface area contributed by atoms with E-state index in [2.05, 4.69) is 9.97 Å². The molecular formula is C19H15ClF3N5O2. The van der Waals surface area contributed by atoms with E-state index in [-0.39, 0.29) is 5.95 Å². The van der Waals surface area contributed by atoms with Gasteiger partial charge in [-0.3, -0.25) is 0 Å². The number of hydrogen-bond donors (Lipinski definition) is 3. The van der Waals surface area contributed by atoms with Crippen molar-refractivity contribution in [2.24, 2.45) is 7.05 Å². The molecule has 2 heterocycles. The van der Waals surface area contributed by atoms with Gasteiger partial charge in [-0.2, -0.15) is 18.2 Å². The van der Waals surface area contributed by atoms with Gasteiger partial charge in [-0.15, -0.1) is 0 Å². The van der Waals surface area contributed by atoms with Crippen LogP contribution in [0, 0.1) is 0 Å². The lowest BCUT2D eigenvalue weighted by Crippen LogP contribution is -2.21. The second-order valence-corrected chi connectivity index (χ2v) is 6.66. The molecular weight excluding hydrogens is 423 g/mol. The summed E-state index contributed by atoms with van der Waals surface area (Å²) in [6.07, 6.45) is -3.10. The number of carbonyl (C=O) groups is 1. The van der Waals surface area contributed by atoms with Gasteiger partial charge in [0.15, 0.2) is 0 Å². The third kappa shape index (κ3) is 3.94. The summed E-state index contributed by atoms with van der Waals surface area (Å²) in [6, 6.07) is 11.7. The molecule has 0 bridgehead atoms. The summed E-state index contributed by atoms with van der Waals surface area (Å²) in [4.78, 5) is 17.3. The molecule has 0 radical (unpaired) electrons. The summed E-state index contributed by atoms with van der Waals surface area (Å²) >= 11 is 6.40. The van der Waals surface area contributed by atoms with Gasteiger partial charge < -0.3 is 21.1 Å². The number of hydrogen-bond acceptors (Lipinski definition) is 5. The summed E-state index contributed by atoms with van der Waals surface area (Å²) in [5.74, 6) is -2.21. The van der Waals surface area contributed by atoms with Crippen molar-refractivity contribution in [3.05, 3.63) is 47.6 Å². The number of halogens is 4. The average Bonchev–Trinajstić information content (AvgIpc) is 3.02. The van der Waals surface area contributed by atoms with E-state index < -0.39 is 12.1 Å². The van der Waals surface area contributed by atoms with Gasteiger partial charge in [0.2, 0.25) is 5.95 Å². The minimum Gasteiger partial charge on any atom is -0.475 e. The summed E-state index contributed by atoms with van der Waals surface area (Å²) in [7, 11) is 1.99. The highest BCUT2D eigenvalue weighted by molar-refractivity contribution is 6.34. The molecule has 4 rings (SSSR count). The fourth-order valence-electron chi connectivity index (χ4n) is 3.05. The minimum absolute atomic E-state index is 0.162. The van der Waals surface area contributed by atoms with Gasteiger partial charge in [0.1, 0.15) is 5.82 Å². The van der Waals surface area contributed by atoms with E-state index in [1.54, 1.807) is 0 Å². The van der Waals surface area contributed by atoms with Gasteiger partial charge in [0.05, 0.1) is 16.4 Å². The zero-order chi connectivity index (χ0) is 22.2. The second kappa shape index (κ2) is 7.71. The van der Waals surface area contributed by atoms with Crippen molar-refractivity contribution in [2.75, 3.05) is 11.5 Å². The number of fused-ring (bicyclic) bond motifs is 3. The van der Waals surface area contributed by atoms with Crippen molar-refractivity contribution in [1.82, 2.24) is 14.5 Å². The zero-order valence-electron chi connectivity index (χ0n) is 15.4. The van der Waals surface area contributed by atoms with Crippen molar-refractivity contribution in [1.29, 1.82) is 0 Å². The van der Waals surface area contributed by atoms with Crippen LogP contribution in [0.1, 0.15) is 0 Å². The van der Waals surface area contributed by atoms with Crippen molar-refractivity contribution in [2.45, 2.75) is 6.18 Å². The molecule has 11 heteroatoms. The maximum atomic E-state index is 10.6. The van der Waals surface area contributed by atoms with Crippen LogP contribution in [-0.2, 0) is 11.8 Å². The standard InChI is InChI=1S/C17H14ClN5.C2HF3O2/c1-23-7-6-10-14-13(21-17(20)22-16(14)19)8-11(15(10)23)9-4-2-3-5-12(9)18;3-2(4,5)1(6)7/h2-8H,1H3,(H4,19,20,21,22);(H,6,7). The Bertz CT molecular complexity index is 1270. The first-order chi connectivity index (χ1) is 14.0. The third-order valence-electron chi connectivity index (χ3n) is 4.27. The van der Waals surface area contributed by atoms with Gasteiger partial charge in [0.25, 0.3) is 0 Å². The molecule has 0 spiro atoms. The second-order valence-electron chi connectivity index (χ2n) is 6.26. The molecule has 2 aromatic carbocycles. The van der Waals surface area contributed by atoms with Crippen LogP contribution >= 0.6 is 11.6 Å². The number of anilines is 2. The smallest absolute Gasteiger partial charge is 0.475 e. The van der Waals surface area contributed by atoms with Gasteiger partial charge in [-0.05, 0) is 18.2 Å². The number of alkyl halides is 3. The normalized spacial score (nSPS) is 11.4. The highest BCUT2D eigenvalue weighted by Gasteiger charge is 2.38. The van der Waals surface area contributed by atoms with Crippen LogP contribution in [0.4, 0.5) is 24.9 Å². The molecule has 0 aliphatic carbocycles. The van der Waals surface area contributed by atoms with E-state index in [1.807, 2.05) is 54.2 Å². The van der Waals surface area contributed by atoms with Crippen molar-refractivity contribution in [3.63, 3.8) is 0 Å². The first-order valence-corrected chi connectivity index (χ1v) is 8.74. The SMILES string of the molecule is Cn1ccc2c3c(N)nc(N)nc3cc(-c3ccccc3Cl)c21.O=C(O)C(F)(F)F. The van der Waals surface area contributed by atoms with Crippen molar-refractivity contribution < 1.29 is 23.1 Å². The summed E-state index contributed by atoms with van der Waals surface area (Å²) in [5, 5.41) is 9.60. The molecule has 0 atom stereocenters. The molecule has 0 fully saturated rings. The molecule has 5 N–H and O–H groups in total. The summed E-state index contributed by atoms with van der Waals surface area (Å²) in [6.45, 7) is 0. The van der Waals surface area contributed by atoms with Crippen LogP contribution in [0.3, 0.4) is 0 Å². The van der Waals surface area contributed by atoms with Gasteiger partial charge in [-0.1, -0.05) is 29.8 Å². The summed E-state index contributed by atoms with van der Waals surface area (Å²) < 4.78 is 33.8. The number of nitrogens with two attached hydrogens (primary N) is 2. The topological polar surface area (TPSA) is 120 Å². The summed E-state index contributed by atoms with van der Waals surface area (Å²) in [5.41, 5.74) is 15.5. The monoisotopic (exact) mass is 437 g/mol. The lowest BCUT2D eigenvalue weighted by molar-refractivity contribution is -0.192. The fourth-order valence-corrected chi connectivity index (χ4v) is 3.29. The number of rotatable bonds is 1. The van der Waals surface area contributed by atoms with Crippen LogP contribution < -0.4 is 11.5 Å². The first kappa shape index (κ1) is 21.2. The Morgan fingerprint density at radius 2 is 1.77 bits per heavy atom. The predicted octanol–water partition coefficient (Wildman–Crippen LogP) is 4.24. The average molecular weight is 438 g/mol. The zero-order valence-corrected chi connectivity index (χ0v) is 16.2. The van der Waals surface area contributed by atoms with Crippen LogP contribution in [0.25, 0.3) is 32.9 Å². The molecule has 2 aromatic heterocycles. The van der Waals surface area contributed by atoms with Crippen LogP contribution in [0.2, 0.25) is 5.02 Å². The van der Waals surface area contributed by atoms with E-state index >= 15 is 0 Å². The number of carboxylic acids is 1. The fraction of sp³-hybridized carbons (Fsp3) is 0.105. The number of aliphatic carboxylic acids is 1. The predicted molar refractivity (Wildman–Crippen MR) is 109 cm³/mol. The lowest BCUT2D eigenvalue weighted by Gasteiger charge is -2.12. The van der Waals surface area contributed by atoms with Crippen LogP contribution in [-0.4, -0.2) is 31.8 Å². The molecule has 0 saturated heterocycles. The van der Waals surface area contributed by atoms with E-state index in [0.717, 1.165) is 27.4 Å². The Balaban J connectivity index is 0.000000318. The molecule has 4 aromatic rings. The van der Waals surface area contributed by atoms with Crippen LogP contribution in [0.15, 0.2) is 42.6 Å². The first-order valence-electron chi connectivity index (χ1n) is 8.36. The molecule has 30 heavy (non-hydrogen) atoms. The minimum atomic E-state index is -5.08. The molecule has 0 aliphatic heterocycles. The highest BCUT2D eigenvalue weighted by atomic mass is 35.5. The molecule has 0 saturated carbocycles. The van der Waals surface area contributed by atoms with E-state index in [9.17, 15) is 13.2 Å². The van der Waals surface area contributed by atoms with Gasteiger partial charge in [0, 0.05) is 34.8 Å². The largest absolute Gasteiger partial charge is 0.490 e. The van der Waals surface area contributed by atoms with E-state index in [4.69, 9.17) is 33.0 Å². The number of nitrogens with zero attached hydrogens (tertiary/aromatic N) is 3. The molecule has 156 valence electrons. The highest BCUT2D eigenvalue weighted by Crippen LogP contribution is 2.39. The number of aryl methyl sites for hydroxylation is 1. The van der Waals surface area contributed by atoms with Crippen LogP contribution in [0.5, 0.6) is 0 Å². The Kier molecular flexibility index (Phi) is 5.45. The van der Waals surface area contributed by atoms with Gasteiger partial charge >= 0.3 is 12.1 Å². The third-order valence-corrected chi connectivity index (χ3v) is 4.60. The Hall–Kier alpha value is -3.53. The molecule has 0 amide bonds.